The minimum absolute atomic E-state index is 0.0931. The summed E-state index contributed by atoms with van der Waals surface area (Å²) < 4.78 is 1.57. The third kappa shape index (κ3) is 3.49. The molecular formula is C19H17ClN2O2S2. The van der Waals surface area contributed by atoms with E-state index in [-0.39, 0.29) is 17.1 Å². The number of hydrogen-bond acceptors (Lipinski definition) is 5. The Morgan fingerprint density at radius 2 is 2.12 bits per heavy atom. The summed E-state index contributed by atoms with van der Waals surface area (Å²) in [5.41, 5.74) is 1.34. The van der Waals surface area contributed by atoms with Crippen LogP contribution in [0.3, 0.4) is 0 Å². The van der Waals surface area contributed by atoms with E-state index in [2.05, 4.69) is 11.6 Å². The number of allylic oxidation sites excluding steroid dienone is 1. The van der Waals surface area contributed by atoms with Gasteiger partial charge in [-0.25, -0.2) is 4.98 Å². The highest BCUT2D eigenvalue weighted by Crippen LogP contribution is 2.29. The Kier molecular flexibility index (Phi) is 5.65. The normalized spacial score (nSPS) is 11.0. The van der Waals surface area contributed by atoms with Gasteiger partial charge in [0.25, 0.3) is 5.56 Å². The van der Waals surface area contributed by atoms with Crippen molar-refractivity contribution in [2.24, 2.45) is 0 Å². The maximum Gasteiger partial charge on any atom is 0.263 e. The summed E-state index contributed by atoms with van der Waals surface area (Å²) in [6, 6.07) is 6.95. The van der Waals surface area contributed by atoms with Gasteiger partial charge in [-0.05, 0) is 31.5 Å². The molecule has 0 unspecified atom stereocenters. The highest BCUT2D eigenvalue weighted by Gasteiger charge is 2.18. The highest BCUT2D eigenvalue weighted by molar-refractivity contribution is 7.99. The molecule has 0 spiro atoms. The van der Waals surface area contributed by atoms with Gasteiger partial charge in [0.1, 0.15) is 4.83 Å². The van der Waals surface area contributed by atoms with Crippen molar-refractivity contribution >= 4 is 50.7 Å². The first-order valence-electron chi connectivity index (χ1n) is 7.96. The zero-order chi connectivity index (χ0) is 18.8. The number of ketones is 1. The molecule has 7 heteroatoms. The Bertz CT molecular complexity index is 1070. The summed E-state index contributed by atoms with van der Waals surface area (Å²) in [4.78, 5) is 31.8. The molecule has 0 aliphatic carbocycles. The van der Waals surface area contributed by atoms with E-state index < -0.39 is 0 Å². The number of nitrogens with zero attached hydrogens (tertiary/aromatic N) is 2. The number of Topliss-reactive ketones (excluding diaryl/α,β-unsaturated/α-hetero) is 1. The minimum atomic E-state index is -0.0985. The molecule has 1 aromatic carbocycles. The van der Waals surface area contributed by atoms with E-state index in [0.29, 0.717) is 32.5 Å². The summed E-state index contributed by atoms with van der Waals surface area (Å²) in [5.74, 6) is 0.0564. The van der Waals surface area contributed by atoms with E-state index in [1.807, 2.05) is 13.8 Å². The summed E-state index contributed by atoms with van der Waals surface area (Å²) in [6.07, 6.45) is 1.66. The van der Waals surface area contributed by atoms with Crippen LogP contribution in [0.25, 0.3) is 10.2 Å². The molecule has 0 saturated heterocycles. The first-order valence-corrected chi connectivity index (χ1v) is 10.1. The van der Waals surface area contributed by atoms with E-state index in [1.54, 1.807) is 34.9 Å². The second-order valence-corrected chi connectivity index (χ2v) is 8.31. The standard InChI is InChI=1S/C19H17ClN2O2S2/c1-4-9-22-18(24)16-11(2)12(3)26-17(16)21-19(22)25-10-15(23)13-7-5-6-8-14(13)20/h4-8H,1,9-10H2,2-3H3. The van der Waals surface area contributed by atoms with Crippen LogP contribution in [-0.4, -0.2) is 21.1 Å². The average Bonchev–Trinajstić information content (AvgIpc) is 2.90. The molecule has 3 aromatic rings. The fraction of sp³-hybridized carbons (Fsp3) is 0.211. The molecule has 0 aliphatic rings. The van der Waals surface area contributed by atoms with Gasteiger partial charge < -0.3 is 0 Å². The number of carbonyl (C=O) groups excluding carboxylic acids is 1. The van der Waals surface area contributed by atoms with Crippen LogP contribution in [-0.2, 0) is 6.54 Å². The van der Waals surface area contributed by atoms with Crippen LogP contribution in [0.4, 0.5) is 0 Å². The zero-order valence-corrected chi connectivity index (χ0v) is 16.8. The number of carbonyl (C=O) groups is 1. The number of halogens is 1. The lowest BCUT2D eigenvalue weighted by Crippen LogP contribution is -2.23. The Hall–Kier alpha value is -1.89. The first kappa shape index (κ1) is 18.9. The predicted molar refractivity (Wildman–Crippen MR) is 110 cm³/mol. The van der Waals surface area contributed by atoms with Gasteiger partial charge >= 0.3 is 0 Å². The van der Waals surface area contributed by atoms with Crippen LogP contribution >= 0.6 is 34.7 Å². The van der Waals surface area contributed by atoms with E-state index >= 15 is 0 Å². The summed E-state index contributed by atoms with van der Waals surface area (Å²) >= 11 is 8.84. The van der Waals surface area contributed by atoms with Crippen molar-refractivity contribution < 1.29 is 4.79 Å². The molecule has 0 atom stereocenters. The Labute approximate surface area is 164 Å². The van der Waals surface area contributed by atoms with Crippen molar-refractivity contribution in [3.8, 4) is 0 Å². The molecule has 0 amide bonds. The lowest BCUT2D eigenvalue weighted by Gasteiger charge is -2.10. The molecule has 134 valence electrons. The van der Waals surface area contributed by atoms with Gasteiger partial charge in [-0.15, -0.1) is 17.9 Å². The van der Waals surface area contributed by atoms with E-state index in [0.717, 1.165) is 10.4 Å². The number of aromatic nitrogens is 2. The Balaban J connectivity index is 1.98. The molecule has 2 heterocycles. The average molecular weight is 405 g/mol. The number of thiophene rings is 1. The minimum Gasteiger partial charge on any atom is -0.293 e. The lowest BCUT2D eigenvalue weighted by atomic mass is 10.1. The first-order chi connectivity index (χ1) is 12.4. The van der Waals surface area contributed by atoms with Crippen molar-refractivity contribution in [1.29, 1.82) is 0 Å². The Morgan fingerprint density at radius 1 is 1.38 bits per heavy atom. The zero-order valence-electron chi connectivity index (χ0n) is 14.4. The highest BCUT2D eigenvalue weighted by atomic mass is 35.5. The number of aryl methyl sites for hydroxylation is 2. The molecule has 0 fully saturated rings. The third-order valence-electron chi connectivity index (χ3n) is 4.07. The molecule has 26 heavy (non-hydrogen) atoms. The Morgan fingerprint density at radius 3 is 2.81 bits per heavy atom. The van der Waals surface area contributed by atoms with Crippen LogP contribution in [0.2, 0.25) is 5.02 Å². The number of fused-ring (bicyclic) bond motifs is 1. The second kappa shape index (κ2) is 7.78. The lowest BCUT2D eigenvalue weighted by molar-refractivity contribution is 0.102. The summed E-state index contributed by atoms with van der Waals surface area (Å²) in [7, 11) is 0. The van der Waals surface area contributed by atoms with Crippen molar-refractivity contribution in [3.05, 3.63) is 68.3 Å². The largest absolute Gasteiger partial charge is 0.293 e. The van der Waals surface area contributed by atoms with Crippen molar-refractivity contribution in [3.63, 3.8) is 0 Å². The maximum absolute atomic E-state index is 12.9. The second-order valence-electron chi connectivity index (χ2n) is 5.75. The molecular weight excluding hydrogens is 388 g/mol. The quantitative estimate of drug-likeness (QED) is 0.254. The smallest absolute Gasteiger partial charge is 0.263 e. The van der Waals surface area contributed by atoms with Gasteiger partial charge in [-0.2, -0.15) is 0 Å². The van der Waals surface area contributed by atoms with Crippen LogP contribution in [0.15, 0.2) is 46.9 Å². The van der Waals surface area contributed by atoms with Gasteiger partial charge in [-0.3, -0.25) is 14.2 Å². The molecule has 0 bridgehead atoms. The molecule has 3 rings (SSSR count). The topological polar surface area (TPSA) is 52.0 Å². The van der Waals surface area contributed by atoms with Crippen LogP contribution in [0.1, 0.15) is 20.8 Å². The summed E-state index contributed by atoms with van der Waals surface area (Å²) in [5, 5.41) is 1.59. The molecule has 0 radical (unpaired) electrons. The van der Waals surface area contributed by atoms with Gasteiger partial charge in [0, 0.05) is 17.0 Å². The van der Waals surface area contributed by atoms with E-state index in [4.69, 9.17) is 11.6 Å². The monoisotopic (exact) mass is 404 g/mol. The summed E-state index contributed by atoms with van der Waals surface area (Å²) in [6.45, 7) is 7.98. The van der Waals surface area contributed by atoms with Crippen molar-refractivity contribution in [1.82, 2.24) is 9.55 Å². The van der Waals surface area contributed by atoms with Crippen LogP contribution in [0, 0.1) is 13.8 Å². The number of benzene rings is 1. The number of rotatable bonds is 6. The van der Waals surface area contributed by atoms with E-state index in [1.165, 1.54) is 23.1 Å². The van der Waals surface area contributed by atoms with Gasteiger partial charge in [-0.1, -0.05) is 41.6 Å². The number of thioether (sulfide) groups is 1. The fourth-order valence-electron chi connectivity index (χ4n) is 2.60. The molecule has 0 aliphatic heterocycles. The van der Waals surface area contributed by atoms with Gasteiger partial charge in [0.2, 0.25) is 0 Å². The van der Waals surface area contributed by atoms with Crippen molar-refractivity contribution in [2.45, 2.75) is 25.5 Å². The van der Waals surface area contributed by atoms with Gasteiger partial charge in [0.05, 0.1) is 16.2 Å². The fourth-order valence-corrected chi connectivity index (χ4v) is 4.81. The third-order valence-corrected chi connectivity index (χ3v) is 6.48. The van der Waals surface area contributed by atoms with Crippen LogP contribution in [0.5, 0.6) is 0 Å². The van der Waals surface area contributed by atoms with E-state index in [9.17, 15) is 9.59 Å². The van der Waals surface area contributed by atoms with Gasteiger partial charge in [0.15, 0.2) is 10.9 Å². The molecule has 2 aromatic heterocycles. The number of hydrogen-bond donors (Lipinski definition) is 0. The molecule has 0 saturated carbocycles. The molecule has 0 N–H and O–H groups in total. The molecule has 4 nitrogen and oxygen atoms in total. The SMILES string of the molecule is C=CCn1c(SCC(=O)c2ccccc2Cl)nc2sc(C)c(C)c2c1=O. The van der Waals surface area contributed by atoms with Crippen LogP contribution < -0.4 is 5.56 Å². The maximum atomic E-state index is 12.9. The predicted octanol–water partition coefficient (Wildman–Crippen LogP) is 4.89. The van der Waals surface area contributed by atoms with Crippen molar-refractivity contribution in [2.75, 3.05) is 5.75 Å².